The van der Waals surface area contributed by atoms with E-state index in [1.54, 1.807) is 0 Å². The average Bonchev–Trinajstić information content (AvgIpc) is 2.47. The molecule has 1 rings (SSSR count). The number of aromatic nitrogens is 1. The van der Waals surface area contributed by atoms with Gasteiger partial charge in [0.05, 0.1) is 5.75 Å². The van der Waals surface area contributed by atoms with Crippen LogP contribution in [0.25, 0.3) is 0 Å². The van der Waals surface area contributed by atoms with Gasteiger partial charge in [0.25, 0.3) is 10.3 Å². The van der Waals surface area contributed by atoms with Gasteiger partial charge in [-0.05, 0) is 11.8 Å². The molecule has 1 heterocycles. The van der Waals surface area contributed by atoms with Crippen LogP contribution in [0.2, 0.25) is 0 Å². The zero-order valence-electron chi connectivity index (χ0n) is 7.36. The molecule has 0 spiro atoms. The lowest BCUT2D eigenvalue weighted by Gasteiger charge is -1.86. The van der Waals surface area contributed by atoms with Crippen LogP contribution in [0.1, 0.15) is 5.69 Å². The number of nitrogens with two attached hydrogens (primary N) is 4. The summed E-state index contributed by atoms with van der Waals surface area (Å²) in [5, 5.41) is 8.19. The molecule has 0 aliphatic carbocycles. The Bertz CT molecular complexity index is 353. The van der Waals surface area contributed by atoms with E-state index in [-0.39, 0.29) is 5.96 Å². The minimum atomic E-state index is 0.128. The van der Waals surface area contributed by atoms with Crippen LogP contribution >= 0.6 is 23.1 Å². The highest BCUT2D eigenvalue weighted by Crippen LogP contribution is 2.14. The quantitative estimate of drug-likeness (QED) is 0.272. The van der Waals surface area contributed by atoms with Gasteiger partial charge in [0.2, 0.25) is 0 Å². The maximum absolute atomic E-state index is 5.30. The van der Waals surface area contributed by atoms with Crippen LogP contribution in [0.4, 0.5) is 5.13 Å². The molecule has 1 aromatic rings. The van der Waals surface area contributed by atoms with E-state index in [9.17, 15) is 0 Å². The molecule has 0 atom stereocenters. The Labute approximate surface area is 89.1 Å². The van der Waals surface area contributed by atoms with Crippen LogP contribution in [0, 0.1) is 0 Å². The van der Waals surface area contributed by atoms with Crippen molar-refractivity contribution < 1.29 is 10.4 Å². The molecule has 8 heteroatoms. The van der Waals surface area contributed by atoms with Crippen molar-refractivity contribution in [3.05, 3.63) is 11.1 Å². The van der Waals surface area contributed by atoms with Gasteiger partial charge in [-0.25, -0.2) is 4.99 Å². The topological polar surface area (TPSA) is 131 Å². The van der Waals surface area contributed by atoms with Gasteiger partial charge in [-0.1, -0.05) is 11.3 Å². The lowest BCUT2D eigenvalue weighted by molar-refractivity contribution is -0.355. The van der Waals surface area contributed by atoms with Gasteiger partial charge < -0.3 is 11.5 Å². The molecule has 0 aliphatic rings. The van der Waals surface area contributed by atoms with Crippen molar-refractivity contribution in [2.75, 3.05) is 0 Å². The van der Waals surface area contributed by atoms with E-state index >= 15 is 0 Å². The number of thioether (sulfide) groups is 1. The molecule has 9 N–H and O–H groups in total. The van der Waals surface area contributed by atoms with Gasteiger partial charge in [0, 0.05) is 5.38 Å². The van der Waals surface area contributed by atoms with Crippen LogP contribution in [0.3, 0.4) is 0 Å². The molecule has 6 nitrogen and oxygen atoms in total. The van der Waals surface area contributed by atoms with Crippen LogP contribution in [0.5, 0.6) is 0 Å². The highest BCUT2D eigenvalue weighted by atomic mass is 32.2. The van der Waals surface area contributed by atoms with Crippen molar-refractivity contribution in [1.29, 1.82) is 0 Å². The fourth-order valence-electron chi connectivity index (χ4n) is 0.711. The van der Waals surface area contributed by atoms with Crippen LogP contribution in [-0.4, -0.2) is 16.1 Å². The molecule has 76 valence electrons. The van der Waals surface area contributed by atoms with Gasteiger partial charge in [0.15, 0.2) is 0 Å². The van der Waals surface area contributed by atoms with Gasteiger partial charge in [0.1, 0.15) is 5.69 Å². The summed E-state index contributed by atoms with van der Waals surface area (Å²) in [6, 6.07) is 0. The summed E-state index contributed by atoms with van der Waals surface area (Å²) in [4.78, 5) is 6.92. The maximum Gasteiger partial charge on any atom is 0.303 e. The largest absolute Gasteiger partial charge is 0.311 e. The summed E-state index contributed by atoms with van der Waals surface area (Å²) >= 11 is 2.76. The number of nitrogens with zero attached hydrogens (tertiary/aromatic N) is 1. The SMILES string of the molecule is NC(=[NH2+])SCc1csc([NH+]=C(N)N)n1. The van der Waals surface area contributed by atoms with E-state index in [1.165, 1.54) is 23.1 Å². The standard InChI is InChI=1S/C6H10N6S2/c7-4(8)12-6-11-3(2-14-6)1-13-5(9)10/h2H,1H2,(H3,9,10)(H4,7,8,11,12)/p+2. The third-order valence-electron chi connectivity index (χ3n) is 1.19. The molecule has 0 aliphatic heterocycles. The number of hydrogen-bond acceptors (Lipinski definition) is 3. The Morgan fingerprint density at radius 2 is 2.29 bits per heavy atom. The zero-order chi connectivity index (χ0) is 10.6. The Kier molecular flexibility index (Phi) is 3.72. The van der Waals surface area contributed by atoms with E-state index < -0.39 is 0 Å². The third kappa shape index (κ3) is 3.62. The van der Waals surface area contributed by atoms with Gasteiger partial charge in [-0.3, -0.25) is 11.1 Å². The Morgan fingerprint density at radius 1 is 1.57 bits per heavy atom. The molecular formula is C6H12N6S2+2. The second-order valence-corrected chi connectivity index (χ2v) is 4.32. The lowest BCUT2D eigenvalue weighted by Crippen LogP contribution is -2.72. The number of hydrogen-bond donors (Lipinski definition) is 5. The third-order valence-corrected chi connectivity index (χ3v) is 2.77. The average molecular weight is 232 g/mol. The minimum Gasteiger partial charge on any atom is -0.311 e. The number of guanidine groups is 1. The summed E-state index contributed by atoms with van der Waals surface area (Å²) in [6.45, 7) is 0. The molecule has 0 saturated carbocycles. The number of nitrogens with one attached hydrogen (secondary N) is 1. The Balaban J connectivity index is 2.59. The van der Waals surface area contributed by atoms with Gasteiger partial charge in [-0.15, -0.1) is 4.98 Å². The van der Waals surface area contributed by atoms with E-state index in [1.807, 2.05) is 5.38 Å². The fourth-order valence-corrected chi connectivity index (χ4v) is 2.01. The summed E-state index contributed by atoms with van der Waals surface area (Å²) in [7, 11) is 0. The second-order valence-electron chi connectivity index (χ2n) is 2.42. The highest BCUT2D eigenvalue weighted by Gasteiger charge is 2.07. The summed E-state index contributed by atoms with van der Waals surface area (Å²) in [5.74, 6) is 0.772. The summed E-state index contributed by atoms with van der Waals surface area (Å²) in [5.41, 5.74) is 16.7. The van der Waals surface area contributed by atoms with Crippen LogP contribution in [-0.2, 0) is 5.75 Å². The van der Waals surface area contributed by atoms with Gasteiger partial charge >= 0.3 is 5.96 Å². The molecule has 14 heavy (non-hydrogen) atoms. The monoisotopic (exact) mass is 232 g/mol. The first kappa shape index (κ1) is 10.8. The lowest BCUT2D eigenvalue weighted by atomic mass is 10.6. The molecular weight excluding hydrogens is 220 g/mol. The first-order valence-corrected chi connectivity index (χ1v) is 5.54. The fraction of sp³-hybridized carbons (Fsp3) is 0.167. The van der Waals surface area contributed by atoms with E-state index in [2.05, 4.69) is 9.98 Å². The maximum atomic E-state index is 5.30. The predicted octanol–water partition coefficient (Wildman–Crippen LogP) is -3.56. The van der Waals surface area contributed by atoms with Crippen molar-refractivity contribution in [3.63, 3.8) is 0 Å². The molecule has 0 amide bonds. The van der Waals surface area contributed by atoms with Crippen LogP contribution < -0.4 is 27.6 Å². The molecule has 0 bridgehead atoms. The van der Waals surface area contributed by atoms with Crippen molar-refractivity contribution >= 4 is 39.4 Å². The number of amidine groups is 1. The Morgan fingerprint density at radius 3 is 2.86 bits per heavy atom. The van der Waals surface area contributed by atoms with Crippen molar-refractivity contribution in [2.45, 2.75) is 5.75 Å². The normalized spacial score (nSPS) is 9.71. The molecule has 0 aromatic carbocycles. The number of thiazole rings is 1. The van der Waals surface area contributed by atoms with Crippen molar-refractivity contribution in [1.82, 2.24) is 4.98 Å². The first-order chi connectivity index (χ1) is 6.58. The van der Waals surface area contributed by atoms with Crippen molar-refractivity contribution in [3.8, 4) is 0 Å². The predicted molar refractivity (Wildman–Crippen MR) is 58.5 cm³/mol. The molecule has 0 unspecified atom stereocenters. The molecule has 0 fully saturated rings. The summed E-state index contributed by atoms with van der Waals surface area (Å²) in [6.07, 6.45) is 0. The first-order valence-electron chi connectivity index (χ1n) is 3.68. The zero-order valence-corrected chi connectivity index (χ0v) is 8.99. The Hall–Kier alpha value is -1.28. The highest BCUT2D eigenvalue weighted by molar-refractivity contribution is 8.12. The number of rotatable bonds is 3. The van der Waals surface area contributed by atoms with E-state index in [0.717, 1.165) is 5.69 Å². The second kappa shape index (κ2) is 4.82. The van der Waals surface area contributed by atoms with E-state index in [0.29, 0.717) is 16.1 Å². The minimum absolute atomic E-state index is 0.128. The molecule has 1 aromatic heterocycles. The smallest absolute Gasteiger partial charge is 0.303 e. The van der Waals surface area contributed by atoms with Gasteiger partial charge in [-0.2, -0.15) is 0 Å². The molecule has 0 saturated heterocycles. The van der Waals surface area contributed by atoms with E-state index in [4.69, 9.17) is 22.6 Å². The van der Waals surface area contributed by atoms with Crippen LogP contribution in [0.15, 0.2) is 5.38 Å². The molecule has 0 radical (unpaired) electrons. The summed E-state index contributed by atoms with van der Waals surface area (Å²) < 4.78 is 0. The van der Waals surface area contributed by atoms with Crippen molar-refractivity contribution in [2.24, 2.45) is 17.2 Å².